The van der Waals surface area contributed by atoms with Crippen molar-refractivity contribution in [3.8, 4) is 0 Å². The summed E-state index contributed by atoms with van der Waals surface area (Å²) in [7, 11) is 0. The van der Waals surface area contributed by atoms with E-state index in [1.54, 1.807) is 0 Å². The summed E-state index contributed by atoms with van der Waals surface area (Å²) in [6, 6.07) is 0.00886. The van der Waals surface area contributed by atoms with Crippen molar-refractivity contribution >= 4 is 28.5 Å². The molecule has 0 atom stereocenters. The van der Waals surface area contributed by atoms with Crippen LogP contribution in [0.4, 0.5) is 9.93 Å². The van der Waals surface area contributed by atoms with Crippen molar-refractivity contribution in [3.05, 3.63) is 5.01 Å². The van der Waals surface area contributed by atoms with Crippen molar-refractivity contribution in [2.75, 3.05) is 18.4 Å². The van der Waals surface area contributed by atoms with Gasteiger partial charge in [-0.15, -0.1) is 10.2 Å². The molecule has 2 amide bonds. The SMILES string of the molecule is CCc1nnc(NC(=O)NC2CC(N(CC)CC(=O)O)C2)s1. The van der Waals surface area contributed by atoms with E-state index in [-0.39, 0.29) is 24.7 Å². The highest BCUT2D eigenvalue weighted by Crippen LogP contribution is 2.25. The van der Waals surface area contributed by atoms with E-state index in [2.05, 4.69) is 20.8 Å². The average Bonchev–Trinajstić information content (AvgIpc) is 2.87. The van der Waals surface area contributed by atoms with Crippen LogP contribution >= 0.6 is 11.3 Å². The molecular formula is C13H21N5O3S. The second kappa shape index (κ2) is 7.50. The smallest absolute Gasteiger partial charge is 0.321 e. The first kappa shape index (κ1) is 16.6. The second-order valence-corrected chi connectivity index (χ2v) is 6.29. The highest BCUT2D eigenvalue weighted by molar-refractivity contribution is 7.15. The number of carbonyl (C=O) groups is 2. The van der Waals surface area contributed by atoms with Gasteiger partial charge in [-0.25, -0.2) is 4.79 Å². The van der Waals surface area contributed by atoms with Crippen molar-refractivity contribution < 1.29 is 14.7 Å². The molecular weight excluding hydrogens is 306 g/mol. The minimum atomic E-state index is -0.820. The fourth-order valence-electron chi connectivity index (χ4n) is 2.44. The van der Waals surface area contributed by atoms with Gasteiger partial charge in [0.05, 0.1) is 6.54 Å². The van der Waals surface area contributed by atoms with E-state index in [1.165, 1.54) is 11.3 Å². The molecule has 0 unspecified atom stereocenters. The maximum absolute atomic E-state index is 11.8. The Balaban J connectivity index is 1.72. The number of hydrogen-bond acceptors (Lipinski definition) is 6. The number of urea groups is 1. The molecule has 0 aliphatic heterocycles. The summed E-state index contributed by atoms with van der Waals surface area (Å²) in [5.41, 5.74) is 0. The number of carbonyl (C=O) groups excluding carboxylic acids is 1. The van der Waals surface area contributed by atoms with Crippen LogP contribution in [-0.2, 0) is 11.2 Å². The molecule has 1 saturated carbocycles. The number of hydrogen-bond donors (Lipinski definition) is 3. The molecule has 22 heavy (non-hydrogen) atoms. The average molecular weight is 327 g/mol. The van der Waals surface area contributed by atoms with Gasteiger partial charge in [-0.1, -0.05) is 25.2 Å². The lowest BCUT2D eigenvalue weighted by Crippen LogP contribution is -2.55. The lowest BCUT2D eigenvalue weighted by molar-refractivity contribution is -0.139. The summed E-state index contributed by atoms with van der Waals surface area (Å²) in [5, 5.41) is 23.6. The summed E-state index contributed by atoms with van der Waals surface area (Å²) in [6.07, 6.45) is 2.33. The van der Waals surface area contributed by atoms with Crippen LogP contribution in [-0.4, -0.2) is 57.4 Å². The summed E-state index contributed by atoms with van der Waals surface area (Å²) >= 11 is 1.36. The third kappa shape index (κ3) is 4.38. The van der Waals surface area contributed by atoms with Gasteiger partial charge in [0, 0.05) is 12.1 Å². The summed E-state index contributed by atoms with van der Waals surface area (Å²) in [6.45, 7) is 4.66. The van der Waals surface area contributed by atoms with Crippen LogP contribution in [0.25, 0.3) is 0 Å². The predicted molar refractivity (Wildman–Crippen MR) is 83.1 cm³/mol. The molecule has 0 bridgehead atoms. The zero-order chi connectivity index (χ0) is 16.1. The maximum Gasteiger partial charge on any atom is 0.321 e. The molecule has 1 aliphatic carbocycles. The van der Waals surface area contributed by atoms with Gasteiger partial charge in [-0.3, -0.25) is 15.0 Å². The Morgan fingerprint density at radius 1 is 1.36 bits per heavy atom. The van der Waals surface area contributed by atoms with Gasteiger partial charge in [0.25, 0.3) is 0 Å². The van der Waals surface area contributed by atoms with Gasteiger partial charge in [-0.2, -0.15) is 0 Å². The van der Waals surface area contributed by atoms with E-state index in [0.29, 0.717) is 11.7 Å². The molecule has 0 radical (unpaired) electrons. The summed E-state index contributed by atoms with van der Waals surface area (Å²) in [4.78, 5) is 24.5. The van der Waals surface area contributed by atoms with Gasteiger partial charge in [0.15, 0.2) is 0 Å². The number of amides is 2. The molecule has 3 N–H and O–H groups in total. The molecule has 0 spiro atoms. The normalized spacial score (nSPS) is 20.5. The molecule has 0 saturated heterocycles. The number of aliphatic carboxylic acids is 1. The summed E-state index contributed by atoms with van der Waals surface area (Å²) in [5.74, 6) is -0.820. The maximum atomic E-state index is 11.8. The molecule has 9 heteroatoms. The number of nitrogens with zero attached hydrogens (tertiary/aromatic N) is 3. The van der Waals surface area contributed by atoms with Crippen LogP contribution in [0.15, 0.2) is 0 Å². The highest BCUT2D eigenvalue weighted by atomic mass is 32.1. The Labute approximate surface area is 132 Å². The number of rotatable bonds is 7. The molecule has 1 heterocycles. The van der Waals surface area contributed by atoms with Gasteiger partial charge < -0.3 is 10.4 Å². The van der Waals surface area contributed by atoms with Crippen LogP contribution in [0.1, 0.15) is 31.7 Å². The first-order valence-corrected chi connectivity index (χ1v) is 8.19. The Morgan fingerprint density at radius 2 is 2.09 bits per heavy atom. The van der Waals surface area contributed by atoms with E-state index < -0.39 is 5.97 Å². The van der Waals surface area contributed by atoms with E-state index in [9.17, 15) is 9.59 Å². The van der Waals surface area contributed by atoms with Crippen LogP contribution in [0.3, 0.4) is 0 Å². The van der Waals surface area contributed by atoms with Crippen molar-refractivity contribution in [3.63, 3.8) is 0 Å². The van der Waals surface area contributed by atoms with E-state index in [4.69, 9.17) is 5.11 Å². The number of carboxylic acid groups (broad SMARTS) is 1. The molecule has 1 aromatic rings. The lowest BCUT2D eigenvalue weighted by Gasteiger charge is -2.42. The van der Waals surface area contributed by atoms with Crippen molar-refractivity contribution in [2.24, 2.45) is 0 Å². The number of likely N-dealkylation sites (N-methyl/N-ethyl adjacent to an activating group) is 1. The Hall–Kier alpha value is -1.74. The molecule has 1 aliphatic rings. The fourth-order valence-corrected chi connectivity index (χ4v) is 3.12. The van der Waals surface area contributed by atoms with Crippen LogP contribution in [0, 0.1) is 0 Å². The number of anilines is 1. The van der Waals surface area contributed by atoms with E-state index in [0.717, 1.165) is 24.3 Å². The van der Waals surface area contributed by atoms with Crippen LogP contribution < -0.4 is 10.6 Å². The topological polar surface area (TPSA) is 107 Å². The predicted octanol–water partition coefficient (Wildman–Crippen LogP) is 1.16. The zero-order valence-corrected chi connectivity index (χ0v) is 13.5. The van der Waals surface area contributed by atoms with Crippen LogP contribution in [0.2, 0.25) is 0 Å². The number of nitrogens with one attached hydrogen (secondary N) is 2. The first-order valence-electron chi connectivity index (χ1n) is 7.37. The molecule has 2 rings (SSSR count). The standard InChI is InChI=1S/C13H21N5O3S/c1-3-10-16-17-13(22-10)15-12(21)14-8-5-9(6-8)18(4-2)7-11(19)20/h8-9H,3-7H2,1-2H3,(H,19,20)(H2,14,15,17,21). The Bertz CT molecular complexity index is 530. The molecule has 1 fully saturated rings. The fraction of sp³-hybridized carbons (Fsp3) is 0.692. The van der Waals surface area contributed by atoms with Crippen molar-refractivity contribution in [1.82, 2.24) is 20.4 Å². The Kier molecular flexibility index (Phi) is 5.67. The quantitative estimate of drug-likeness (QED) is 0.693. The molecule has 122 valence electrons. The van der Waals surface area contributed by atoms with E-state index >= 15 is 0 Å². The molecule has 0 aromatic carbocycles. The first-order chi connectivity index (χ1) is 10.5. The Morgan fingerprint density at radius 3 is 2.64 bits per heavy atom. The summed E-state index contributed by atoms with van der Waals surface area (Å²) < 4.78 is 0. The van der Waals surface area contributed by atoms with Gasteiger partial charge in [0.2, 0.25) is 5.13 Å². The van der Waals surface area contributed by atoms with Gasteiger partial charge in [-0.05, 0) is 25.8 Å². The molecule has 8 nitrogen and oxygen atoms in total. The van der Waals surface area contributed by atoms with Gasteiger partial charge >= 0.3 is 12.0 Å². The largest absolute Gasteiger partial charge is 0.480 e. The second-order valence-electron chi connectivity index (χ2n) is 5.23. The third-order valence-corrected chi connectivity index (χ3v) is 4.68. The van der Waals surface area contributed by atoms with Crippen molar-refractivity contribution in [1.29, 1.82) is 0 Å². The van der Waals surface area contributed by atoms with Gasteiger partial charge in [0.1, 0.15) is 5.01 Å². The van der Waals surface area contributed by atoms with Crippen molar-refractivity contribution in [2.45, 2.75) is 45.2 Å². The highest BCUT2D eigenvalue weighted by Gasteiger charge is 2.34. The number of carboxylic acids is 1. The van der Waals surface area contributed by atoms with Crippen LogP contribution in [0.5, 0.6) is 0 Å². The minimum Gasteiger partial charge on any atom is -0.480 e. The zero-order valence-electron chi connectivity index (χ0n) is 12.7. The monoisotopic (exact) mass is 327 g/mol. The lowest BCUT2D eigenvalue weighted by atomic mass is 9.85. The third-order valence-electron chi connectivity index (χ3n) is 3.70. The number of aromatic nitrogens is 2. The number of aryl methyl sites for hydroxylation is 1. The molecule has 1 aromatic heterocycles. The van der Waals surface area contributed by atoms with E-state index in [1.807, 2.05) is 18.7 Å². The minimum absolute atomic E-state index is 0.0463.